The van der Waals surface area contributed by atoms with Crippen molar-refractivity contribution in [2.45, 2.75) is 38.0 Å². The summed E-state index contributed by atoms with van der Waals surface area (Å²) < 4.78 is 5.32. The van der Waals surface area contributed by atoms with Crippen molar-refractivity contribution < 1.29 is 14.3 Å². The monoisotopic (exact) mass is 512 g/mol. The van der Waals surface area contributed by atoms with E-state index in [9.17, 15) is 9.59 Å². The van der Waals surface area contributed by atoms with E-state index >= 15 is 0 Å². The molecule has 8 heteroatoms. The lowest BCUT2D eigenvalue weighted by Gasteiger charge is -2.23. The molecule has 0 spiro atoms. The van der Waals surface area contributed by atoms with Gasteiger partial charge in [-0.15, -0.1) is 0 Å². The number of hydrogen-bond donors (Lipinski definition) is 1. The Morgan fingerprint density at radius 2 is 1.65 bits per heavy atom. The number of ether oxygens (including phenoxy) is 1. The smallest absolute Gasteiger partial charge is 0.262 e. The van der Waals surface area contributed by atoms with Crippen molar-refractivity contribution in [3.05, 3.63) is 95.1 Å². The Morgan fingerprint density at radius 1 is 1.00 bits per heavy atom. The van der Waals surface area contributed by atoms with Crippen molar-refractivity contribution in [2.24, 2.45) is 10.1 Å². The van der Waals surface area contributed by atoms with Crippen molar-refractivity contribution in [1.82, 2.24) is 5.01 Å². The topological polar surface area (TPSA) is 83.4 Å². The Labute approximate surface area is 220 Å². The summed E-state index contributed by atoms with van der Waals surface area (Å²) >= 11 is 1.30. The van der Waals surface area contributed by atoms with E-state index in [-0.39, 0.29) is 24.3 Å². The van der Waals surface area contributed by atoms with Crippen LogP contribution in [0.2, 0.25) is 0 Å². The number of methoxy groups -OCH3 is 1. The minimum absolute atomic E-state index is 0.0416. The average Bonchev–Trinajstić information content (AvgIpc) is 3.50. The predicted molar refractivity (Wildman–Crippen MR) is 148 cm³/mol. The minimum atomic E-state index is -0.587. The van der Waals surface area contributed by atoms with Gasteiger partial charge < -0.3 is 10.1 Å². The molecule has 188 valence electrons. The third-order valence-corrected chi connectivity index (χ3v) is 7.57. The second kappa shape index (κ2) is 10.6. The lowest BCUT2D eigenvalue weighted by atomic mass is 9.98. The summed E-state index contributed by atoms with van der Waals surface area (Å²) in [6, 6.07) is 23.6. The van der Waals surface area contributed by atoms with Gasteiger partial charge in [-0.1, -0.05) is 71.4 Å². The molecule has 2 amide bonds. The number of nitrogens with one attached hydrogen (secondary N) is 1. The van der Waals surface area contributed by atoms with E-state index in [1.165, 1.54) is 17.3 Å². The first kappa shape index (κ1) is 24.8. The van der Waals surface area contributed by atoms with Crippen molar-refractivity contribution in [1.29, 1.82) is 0 Å². The van der Waals surface area contributed by atoms with Crippen LogP contribution in [0.3, 0.4) is 0 Å². The number of carbonyl (C=O) groups is 2. The number of benzene rings is 3. The minimum Gasteiger partial charge on any atom is -0.497 e. The number of anilines is 1. The SMILES string of the molecule is COc1ccc([C@H]2CC(c3ccc(C)cc3)=NN2C2=NC(=O)[C@@H](CC(=O)Nc3ccc(C)cc3)S2)cc1. The molecule has 2 atom stereocenters. The predicted octanol–water partition coefficient (Wildman–Crippen LogP) is 5.49. The van der Waals surface area contributed by atoms with Gasteiger partial charge in [0.15, 0.2) is 5.17 Å². The molecule has 0 saturated heterocycles. The molecule has 0 saturated carbocycles. The summed E-state index contributed by atoms with van der Waals surface area (Å²) in [5.41, 5.74) is 6.01. The van der Waals surface area contributed by atoms with Crippen molar-refractivity contribution >= 4 is 40.1 Å². The Hall–Kier alpha value is -3.91. The Morgan fingerprint density at radius 3 is 2.30 bits per heavy atom. The molecule has 3 aromatic carbocycles. The van der Waals surface area contributed by atoms with Gasteiger partial charge >= 0.3 is 0 Å². The molecular weight excluding hydrogens is 484 g/mol. The Balaban J connectivity index is 1.35. The lowest BCUT2D eigenvalue weighted by Crippen LogP contribution is -2.25. The highest BCUT2D eigenvalue weighted by atomic mass is 32.2. The van der Waals surface area contributed by atoms with E-state index in [1.54, 1.807) is 7.11 Å². The number of amidine groups is 1. The Kier molecular flexibility index (Phi) is 7.10. The number of hydrogen-bond acceptors (Lipinski definition) is 6. The first-order chi connectivity index (χ1) is 17.9. The second-order valence-electron chi connectivity index (χ2n) is 9.21. The van der Waals surface area contributed by atoms with Crippen LogP contribution in [0.5, 0.6) is 5.75 Å². The van der Waals surface area contributed by atoms with Gasteiger partial charge in [0, 0.05) is 18.5 Å². The number of aliphatic imine (C=N–C) groups is 1. The van der Waals surface area contributed by atoms with Crippen LogP contribution in [0.15, 0.2) is 82.9 Å². The third-order valence-electron chi connectivity index (χ3n) is 6.43. The molecule has 5 rings (SSSR count). The van der Waals surface area contributed by atoms with Gasteiger partial charge in [-0.2, -0.15) is 10.1 Å². The van der Waals surface area contributed by atoms with E-state index < -0.39 is 5.25 Å². The molecule has 37 heavy (non-hydrogen) atoms. The van der Waals surface area contributed by atoms with Crippen LogP contribution in [0.25, 0.3) is 0 Å². The summed E-state index contributed by atoms with van der Waals surface area (Å²) in [5.74, 6) is 0.241. The number of amides is 2. The largest absolute Gasteiger partial charge is 0.497 e. The fourth-order valence-corrected chi connectivity index (χ4v) is 5.38. The van der Waals surface area contributed by atoms with Gasteiger partial charge in [-0.25, -0.2) is 5.01 Å². The quantitative estimate of drug-likeness (QED) is 0.472. The average molecular weight is 513 g/mol. The molecule has 2 aliphatic heterocycles. The van der Waals surface area contributed by atoms with Gasteiger partial charge in [-0.3, -0.25) is 9.59 Å². The summed E-state index contributed by atoms with van der Waals surface area (Å²) in [6.45, 7) is 4.04. The molecule has 2 heterocycles. The van der Waals surface area contributed by atoms with E-state index in [4.69, 9.17) is 9.84 Å². The molecule has 7 nitrogen and oxygen atoms in total. The highest BCUT2D eigenvalue weighted by Crippen LogP contribution is 2.39. The molecule has 0 radical (unpaired) electrons. The number of rotatable bonds is 6. The summed E-state index contributed by atoms with van der Waals surface area (Å²) in [7, 11) is 1.64. The van der Waals surface area contributed by atoms with Crippen LogP contribution in [0.1, 0.15) is 41.1 Å². The molecule has 0 unspecified atom stereocenters. The van der Waals surface area contributed by atoms with Crippen molar-refractivity contribution in [3.63, 3.8) is 0 Å². The van der Waals surface area contributed by atoms with Gasteiger partial charge in [0.2, 0.25) is 5.91 Å². The molecular formula is C29H28N4O3S. The maximum Gasteiger partial charge on any atom is 0.262 e. The molecule has 0 bridgehead atoms. The van der Waals surface area contributed by atoms with E-state index in [0.29, 0.717) is 17.3 Å². The standard InChI is InChI=1S/C29H28N4O3S/c1-18-4-8-20(9-5-18)24-16-25(21-10-14-23(36-3)15-11-21)33(32-24)29-31-28(35)26(37-29)17-27(34)30-22-12-6-19(2)7-13-22/h4-15,25-26H,16-17H2,1-3H3,(H,30,34)/t25-,26-/m1/s1. The first-order valence-electron chi connectivity index (χ1n) is 12.1. The van der Waals surface area contributed by atoms with Gasteiger partial charge in [0.25, 0.3) is 5.91 Å². The van der Waals surface area contributed by atoms with Crippen molar-refractivity contribution in [2.75, 3.05) is 12.4 Å². The van der Waals surface area contributed by atoms with Crippen LogP contribution in [-0.4, -0.2) is 40.1 Å². The number of hydrazone groups is 1. The highest BCUT2D eigenvalue weighted by molar-refractivity contribution is 8.15. The zero-order valence-corrected chi connectivity index (χ0v) is 21.8. The maximum atomic E-state index is 12.8. The van der Waals surface area contributed by atoms with Gasteiger partial charge in [0.1, 0.15) is 11.0 Å². The van der Waals surface area contributed by atoms with Gasteiger partial charge in [-0.05, 0) is 49.2 Å². The van der Waals surface area contributed by atoms with Crippen LogP contribution in [0.4, 0.5) is 5.69 Å². The number of nitrogens with zero attached hydrogens (tertiary/aromatic N) is 3. The van der Waals surface area contributed by atoms with Crippen LogP contribution in [0, 0.1) is 13.8 Å². The summed E-state index contributed by atoms with van der Waals surface area (Å²) in [5, 5.41) is 9.54. The second-order valence-corrected chi connectivity index (χ2v) is 10.4. The summed E-state index contributed by atoms with van der Waals surface area (Å²) in [4.78, 5) is 29.8. The van der Waals surface area contributed by atoms with Crippen LogP contribution >= 0.6 is 11.8 Å². The molecule has 1 N–H and O–H groups in total. The van der Waals surface area contributed by atoms with E-state index in [2.05, 4.69) is 41.5 Å². The van der Waals surface area contributed by atoms with Crippen LogP contribution in [-0.2, 0) is 9.59 Å². The molecule has 3 aromatic rings. The third kappa shape index (κ3) is 5.59. The van der Waals surface area contributed by atoms with Gasteiger partial charge in [0.05, 0.1) is 18.9 Å². The molecule has 0 fully saturated rings. The highest BCUT2D eigenvalue weighted by Gasteiger charge is 2.39. The normalized spacial score (nSPS) is 19.0. The number of carbonyl (C=O) groups excluding carboxylic acids is 2. The fraction of sp³-hybridized carbons (Fsp3) is 0.241. The molecule has 0 aromatic heterocycles. The number of aryl methyl sites for hydroxylation is 2. The molecule has 0 aliphatic carbocycles. The maximum absolute atomic E-state index is 12.8. The van der Waals surface area contributed by atoms with E-state index in [0.717, 1.165) is 28.2 Å². The van der Waals surface area contributed by atoms with E-state index in [1.807, 2.05) is 60.5 Å². The summed E-state index contributed by atoms with van der Waals surface area (Å²) in [6.07, 6.45) is 0.710. The van der Waals surface area contributed by atoms with Crippen molar-refractivity contribution in [3.8, 4) is 5.75 Å². The number of thioether (sulfide) groups is 1. The lowest BCUT2D eigenvalue weighted by molar-refractivity contribution is -0.121. The first-order valence-corrected chi connectivity index (χ1v) is 13.0. The molecule has 2 aliphatic rings. The fourth-order valence-electron chi connectivity index (χ4n) is 4.31. The van der Waals surface area contributed by atoms with Crippen LogP contribution < -0.4 is 10.1 Å². The Bertz CT molecular complexity index is 1370. The zero-order valence-electron chi connectivity index (χ0n) is 21.0. The zero-order chi connectivity index (χ0) is 25.9.